The summed E-state index contributed by atoms with van der Waals surface area (Å²) in [5, 5.41) is 0.706. The fourth-order valence-electron chi connectivity index (χ4n) is 0.590. The molecule has 1 radical (unpaired) electrons. The average Bonchev–Trinajstić information content (AvgIpc) is 1.89. The van der Waals surface area contributed by atoms with Gasteiger partial charge in [0.25, 0.3) is 0 Å². The molecule has 0 unspecified atom stereocenters. The summed E-state index contributed by atoms with van der Waals surface area (Å²) >= 11 is 0. The molecule has 1 aromatic rings. The highest BCUT2D eigenvalue weighted by molar-refractivity contribution is 6.41. The first kappa shape index (κ1) is 6.16. The molecule has 1 rings (SSSR count). The molecule has 0 fully saturated rings. The Balaban J connectivity index is 3.15. The number of rotatable bonds is 1. The summed E-state index contributed by atoms with van der Waals surface area (Å²) in [5.41, 5.74) is 6.04. The van der Waals surface area contributed by atoms with Gasteiger partial charge < -0.3 is 10.2 Å². The van der Waals surface area contributed by atoms with Gasteiger partial charge in [-0.25, -0.2) is 0 Å². The minimum Gasteiger partial charge on any atom is -0.398 e. The summed E-state index contributed by atoms with van der Waals surface area (Å²) in [6.07, 6.45) is 0. The van der Waals surface area contributed by atoms with Crippen LogP contribution in [0.2, 0.25) is 0 Å². The molecule has 0 aromatic heterocycles. The predicted octanol–water partition coefficient (Wildman–Crippen LogP) is -0.0562. The molecule has 0 aliphatic heterocycles. The molecule has 0 bridgehead atoms. The quantitative estimate of drug-likeness (QED) is 0.434. The van der Waals surface area contributed by atoms with E-state index in [-0.39, 0.29) is 0 Å². The molecule has 0 aliphatic carbocycles. The van der Waals surface area contributed by atoms with Crippen LogP contribution in [0.15, 0.2) is 24.3 Å². The first-order valence-corrected chi connectivity index (χ1v) is 3.48. The van der Waals surface area contributed by atoms with Crippen LogP contribution in [0.5, 0.6) is 0 Å². The van der Waals surface area contributed by atoms with Crippen molar-refractivity contribution in [2.45, 2.75) is 0 Å². The van der Waals surface area contributed by atoms with Gasteiger partial charge in [0.1, 0.15) is 0 Å². The zero-order valence-corrected chi connectivity index (χ0v) is 5.79. The third-order valence-electron chi connectivity index (χ3n) is 1.07. The van der Waals surface area contributed by atoms with Crippen molar-refractivity contribution in [2.75, 3.05) is 5.73 Å². The highest BCUT2D eigenvalue weighted by Crippen LogP contribution is 1.92. The molecule has 0 saturated heterocycles. The van der Waals surface area contributed by atoms with Gasteiger partial charge in [-0.3, -0.25) is 0 Å². The van der Waals surface area contributed by atoms with E-state index in [0.29, 0.717) is 10.9 Å². The van der Waals surface area contributed by atoms with Crippen molar-refractivity contribution in [1.29, 1.82) is 0 Å². The maximum Gasteiger partial charge on any atom is 0.367 e. The lowest BCUT2D eigenvalue weighted by molar-refractivity contribution is 0.583. The van der Waals surface area contributed by atoms with Crippen LogP contribution in [0, 0.1) is 0 Å². The second-order valence-electron chi connectivity index (χ2n) is 1.69. The molecule has 2 nitrogen and oxygen atoms in total. The molecule has 45 valence electrons. The molecule has 1 aromatic carbocycles. The third kappa shape index (κ3) is 1.23. The maximum absolute atomic E-state index is 10.3. The molecule has 0 spiro atoms. The van der Waals surface area contributed by atoms with Crippen molar-refractivity contribution < 1.29 is 4.46 Å². The van der Waals surface area contributed by atoms with E-state index in [4.69, 9.17) is 5.73 Å². The first-order chi connectivity index (χ1) is 4.34. The van der Waals surface area contributed by atoms with E-state index in [1.807, 2.05) is 12.1 Å². The third-order valence-corrected chi connectivity index (χ3v) is 1.75. The smallest absolute Gasteiger partial charge is 0.367 e. The SMILES string of the molecule is Nc1ccccc1[Si]=O. The van der Waals surface area contributed by atoms with Gasteiger partial charge in [-0.15, -0.1) is 0 Å². The fraction of sp³-hybridized carbons (Fsp3) is 0. The zero-order chi connectivity index (χ0) is 6.69. The van der Waals surface area contributed by atoms with Crippen molar-refractivity contribution in [2.24, 2.45) is 0 Å². The average molecular weight is 136 g/mol. The van der Waals surface area contributed by atoms with Crippen LogP contribution < -0.4 is 10.9 Å². The van der Waals surface area contributed by atoms with Gasteiger partial charge in [0, 0.05) is 10.9 Å². The van der Waals surface area contributed by atoms with Crippen molar-refractivity contribution in [3.63, 3.8) is 0 Å². The van der Waals surface area contributed by atoms with Gasteiger partial charge in [-0.05, 0) is 6.07 Å². The molecule has 3 heteroatoms. The molecule has 0 aliphatic rings. The summed E-state index contributed by atoms with van der Waals surface area (Å²) in [7, 11) is -0.446. The highest BCUT2D eigenvalue weighted by Gasteiger charge is 1.93. The van der Waals surface area contributed by atoms with Crippen LogP contribution in [-0.2, 0) is 4.46 Å². The van der Waals surface area contributed by atoms with E-state index in [2.05, 4.69) is 0 Å². The van der Waals surface area contributed by atoms with Gasteiger partial charge in [0.15, 0.2) is 0 Å². The van der Waals surface area contributed by atoms with Gasteiger partial charge in [0.2, 0.25) is 0 Å². The summed E-state index contributed by atoms with van der Waals surface area (Å²) in [4.78, 5) is 0. The van der Waals surface area contributed by atoms with E-state index in [0.717, 1.165) is 0 Å². The summed E-state index contributed by atoms with van der Waals surface area (Å²) in [6.45, 7) is 0. The first-order valence-electron chi connectivity index (χ1n) is 2.57. The van der Waals surface area contributed by atoms with Gasteiger partial charge in [0.05, 0.1) is 0 Å². The Kier molecular flexibility index (Phi) is 1.74. The number of anilines is 1. The molecule has 0 amide bonds. The van der Waals surface area contributed by atoms with Crippen molar-refractivity contribution in [3.8, 4) is 0 Å². The largest absolute Gasteiger partial charge is 0.398 e. The lowest BCUT2D eigenvalue weighted by Gasteiger charge is -1.92. The van der Waals surface area contributed by atoms with Crippen LogP contribution in [0.25, 0.3) is 0 Å². The number of benzene rings is 1. The van der Waals surface area contributed by atoms with Crippen LogP contribution in [0.1, 0.15) is 0 Å². The predicted molar refractivity (Wildman–Crippen MR) is 36.9 cm³/mol. The summed E-state index contributed by atoms with van der Waals surface area (Å²) in [5.74, 6) is 0. The second-order valence-corrected chi connectivity index (χ2v) is 2.43. The highest BCUT2D eigenvalue weighted by atomic mass is 28.2. The van der Waals surface area contributed by atoms with Crippen LogP contribution >= 0.6 is 0 Å². The normalized spacial score (nSPS) is 8.89. The number of hydrogen-bond donors (Lipinski definition) is 1. The Morgan fingerprint density at radius 1 is 1.33 bits per heavy atom. The molecular weight excluding hydrogens is 130 g/mol. The molecule has 0 heterocycles. The number of hydrogen-bond acceptors (Lipinski definition) is 2. The second kappa shape index (κ2) is 2.55. The fourth-order valence-corrected chi connectivity index (χ4v) is 0.955. The summed E-state index contributed by atoms with van der Waals surface area (Å²) in [6, 6.07) is 7.12. The maximum atomic E-state index is 10.3. The molecule has 0 atom stereocenters. The van der Waals surface area contributed by atoms with Gasteiger partial charge in [-0.1, -0.05) is 18.2 Å². The van der Waals surface area contributed by atoms with Crippen molar-refractivity contribution >= 4 is 20.3 Å². The number of nitrogens with two attached hydrogens (primary N) is 1. The van der Waals surface area contributed by atoms with Crippen molar-refractivity contribution in [3.05, 3.63) is 24.3 Å². The molecule has 2 N–H and O–H groups in total. The van der Waals surface area contributed by atoms with E-state index in [1.54, 1.807) is 12.1 Å². The standard InChI is InChI=1S/C6H6NOSi/c7-5-3-1-2-4-6(5)9-8/h1-4H,7H2. The Labute approximate surface area is 55.6 Å². The molecular formula is C6H6NOSi. The Morgan fingerprint density at radius 3 is 2.44 bits per heavy atom. The Morgan fingerprint density at radius 2 is 2.00 bits per heavy atom. The summed E-state index contributed by atoms with van der Waals surface area (Å²) < 4.78 is 10.3. The minimum absolute atomic E-state index is 0.446. The lowest BCUT2D eigenvalue weighted by Crippen LogP contribution is -2.11. The van der Waals surface area contributed by atoms with E-state index in [9.17, 15) is 4.46 Å². The number of nitrogen functional groups attached to an aromatic ring is 1. The van der Waals surface area contributed by atoms with Crippen LogP contribution in [0.3, 0.4) is 0 Å². The topological polar surface area (TPSA) is 43.1 Å². The van der Waals surface area contributed by atoms with Crippen LogP contribution in [0.4, 0.5) is 5.69 Å². The molecule has 9 heavy (non-hydrogen) atoms. The monoisotopic (exact) mass is 136 g/mol. The van der Waals surface area contributed by atoms with Gasteiger partial charge >= 0.3 is 9.41 Å². The van der Waals surface area contributed by atoms with Crippen molar-refractivity contribution in [1.82, 2.24) is 0 Å². The Hall–Kier alpha value is -0.963. The van der Waals surface area contributed by atoms with E-state index in [1.165, 1.54) is 0 Å². The van der Waals surface area contributed by atoms with E-state index >= 15 is 0 Å². The zero-order valence-electron chi connectivity index (χ0n) is 4.79. The van der Waals surface area contributed by atoms with Crippen LogP contribution in [-0.4, -0.2) is 9.41 Å². The molecule has 0 saturated carbocycles. The lowest BCUT2D eigenvalue weighted by atomic mass is 10.3. The van der Waals surface area contributed by atoms with E-state index < -0.39 is 9.41 Å². The van der Waals surface area contributed by atoms with Gasteiger partial charge in [-0.2, -0.15) is 0 Å². The Bertz CT molecular complexity index is 224. The minimum atomic E-state index is -0.446. The number of para-hydroxylation sites is 1.